The summed E-state index contributed by atoms with van der Waals surface area (Å²) in [5, 5.41) is 14.7. The number of nitrogens with one attached hydrogen (secondary N) is 2. The molecule has 2 aliphatic rings. The fraction of sp³-hybridized carbons (Fsp3) is 0.818. The zero-order chi connectivity index (χ0) is 11.6. The Bertz CT molecular complexity index is 294. The van der Waals surface area contributed by atoms with Crippen LogP contribution in [0.4, 0.5) is 4.79 Å². The van der Waals surface area contributed by atoms with E-state index in [0.717, 1.165) is 32.1 Å². The van der Waals surface area contributed by atoms with Crippen molar-refractivity contribution in [3.8, 4) is 0 Å². The molecule has 0 aliphatic heterocycles. The zero-order valence-corrected chi connectivity index (χ0v) is 9.29. The molecule has 0 bridgehead atoms. The van der Waals surface area contributed by atoms with Crippen LogP contribution in [0.5, 0.6) is 0 Å². The van der Waals surface area contributed by atoms with Gasteiger partial charge in [-0.25, -0.2) is 9.59 Å². The summed E-state index contributed by atoms with van der Waals surface area (Å²) in [7, 11) is 0. The number of carbonyl (C=O) groups is 2. The van der Waals surface area contributed by atoms with Crippen LogP contribution < -0.4 is 10.6 Å². The lowest BCUT2D eigenvalue weighted by atomic mass is 9.82. The molecule has 2 rings (SSSR count). The zero-order valence-electron chi connectivity index (χ0n) is 9.29. The standard InChI is InChI=1S/C11H18N2O3/c14-9(15)11(6-2-1-3-7-11)13-10(16)12-8-4-5-8/h8H,1-7H2,(H,14,15)(H2,12,13,16). The molecule has 0 aromatic carbocycles. The van der Waals surface area contributed by atoms with E-state index in [1.54, 1.807) is 0 Å². The second-order valence-electron chi connectivity index (χ2n) is 4.82. The molecule has 5 nitrogen and oxygen atoms in total. The minimum absolute atomic E-state index is 0.259. The van der Waals surface area contributed by atoms with E-state index in [-0.39, 0.29) is 12.1 Å². The molecule has 2 fully saturated rings. The Morgan fingerprint density at radius 3 is 2.25 bits per heavy atom. The molecule has 0 aromatic rings. The van der Waals surface area contributed by atoms with E-state index in [1.165, 1.54) is 0 Å². The molecule has 0 aromatic heterocycles. The highest BCUT2D eigenvalue weighted by Crippen LogP contribution is 2.28. The molecule has 2 aliphatic carbocycles. The number of aliphatic carboxylic acids is 1. The van der Waals surface area contributed by atoms with Crippen molar-refractivity contribution in [2.24, 2.45) is 0 Å². The number of carbonyl (C=O) groups excluding carboxylic acids is 1. The van der Waals surface area contributed by atoms with Crippen LogP contribution in [0.2, 0.25) is 0 Å². The van der Waals surface area contributed by atoms with Crippen molar-refractivity contribution >= 4 is 12.0 Å². The summed E-state index contributed by atoms with van der Waals surface area (Å²) < 4.78 is 0. The van der Waals surface area contributed by atoms with Gasteiger partial charge in [-0.15, -0.1) is 0 Å². The predicted molar refractivity (Wildman–Crippen MR) is 58.1 cm³/mol. The number of hydrogen-bond acceptors (Lipinski definition) is 2. The van der Waals surface area contributed by atoms with E-state index in [1.807, 2.05) is 0 Å². The van der Waals surface area contributed by atoms with Crippen LogP contribution in [0.1, 0.15) is 44.9 Å². The quantitative estimate of drug-likeness (QED) is 0.677. The second kappa shape index (κ2) is 4.31. The average molecular weight is 226 g/mol. The van der Waals surface area contributed by atoms with Gasteiger partial charge in [-0.1, -0.05) is 19.3 Å². The van der Waals surface area contributed by atoms with Gasteiger partial charge in [0.15, 0.2) is 0 Å². The van der Waals surface area contributed by atoms with Crippen molar-refractivity contribution in [3.63, 3.8) is 0 Å². The molecule has 2 amide bonds. The van der Waals surface area contributed by atoms with E-state index in [0.29, 0.717) is 12.8 Å². The van der Waals surface area contributed by atoms with Crippen LogP contribution in [-0.4, -0.2) is 28.7 Å². The Morgan fingerprint density at radius 1 is 1.12 bits per heavy atom. The highest BCUT2D eigenvalue weighted by Gasteiger charge is 2.41. The third-order valence-corrected chi connectivity index (χ3v) is 3.38. The Kier molecular flexibility index (Phi) is 3.03. The molecule has 0 saturated heterocycles. The molecule has 3 N–H and O–H groups in total. The molecular formula is C11H18N2O3. The van der Waals surface area contributed by atoms with Gasteiger partial charge < -0.3 is 15.7 Å². The maximum absolute atomic E-state index is 11.6. The predicted octanol–water partition coefficient (Wildman–Crippen LogP) is 1.24. The molecule has 2 saturated carbocycles. The third kappa shape index (κ3) is 2.46. The van der Waals surface area contributed by atoms with Crippen LogP contribution in [0.25, 0.3) is 0 Å². The number of carboxylic acid groups (broad SMARTS) is 1. The summed E-state index contributed by atoms with van der Waals surface area (Å²) in [6, 6.07) is -0.0683. The smallest absolute Gasteiger partial charge is 0.329 e. The first-order valence-corrected chi connectivity index (χ1v) is 5.94. The molecule has 16 heavy (non-hydrogen) atoms. The lowest BCUT2D eigenvalue weighted by Crippen LogP contribution is -2.58. The summed E-state index contributed by atoms with van der Waals surface area (Å²) >= 11 is 0. The van der Waals surface area contributed by atoms with E-state index in [4.69, 9.17) is 0 Å². The van der Waals surface area contributed by atoms with Gasteiger partial charge in [0.25, 0.3) is 0 Å². The first-order valence-electron chi connectivity index (χ1n) is 5.94. The van der Waals surface area contributed by atoms with E-state index in [9.17, 15) is 14.7 Å². The summed E-state index contributed by atoms with van der Waals surface area (Å²) in [6.45, 7) is 0. The van der Waals surface area contributed by atoms with Gasteiger partial charge in [-0.2, -0.15) is 0 Å². The normalized spacial score (nSPS) is 23.5. The molecule has 0 atom stereocenters. The van der Waals surface area contributed by atoms with Crippen LogP contribution >= 0.6 is 0 Å². The molecule has 0 unspecified atom stereocenters. The topological polar surface area (TPSA) is 78.4 Å². The monoisotopic (exact) mass is 226 g/mol. The number of amides is 2. The van der Waals surface area contributed by atoms with Crippen molar-refractivity contribution in [2.45, 2.75) is 56.5 Å². The van der Waals surface area contributed by atoms with Crippen LogP contribution in [-0.2, 0) is 4.79 Å². The Balaban J connectivity index is 1.95. The second-order valence-corrected chi connectivity index (χ2v) is 4.82. The van der Waals surface area contributed by atoms with E-state index in [2.05, 4.69) is 10.6 Å². The van der Waals surface area contributed by atoms with Crippen molar-refractivity contribution < 1.29 is 14.7 Å². The molecule has 5 heteroatoms. The molecule has 0 radical (unpaired) electrons. The SMILES string of the molecule is O=C(NC1CC1)NC1(C(=O)O)CCCCC1. The number of hydrogen-bond donors (Lipinski definition) is 3. The summed E-state index contributed by atoms with van der Waals surface area (Å²) in [5.74, 6) is -0.904. The highest BCUT2D eigenvalue weighted by atomic mass is 16.4. The van der Waals surface area contributed by atoms with Crippen molar-refractivity contribution in [2.75, 3.05) is 0 Å². The largest absolute Gasteiger partial charge is 0.480 e. The van der Waals surface area contributed by atoms with Crippen molar-refractivity contribution in [3.05, 3.63) is 0 Å². The molecular weight excluding hydrogens is 208 g/mol. The molecule has 0 spiro atoms. The minimum Gasteiger partial charge on any atom is -0.480 e. The lowest BCUT2D eigenvalue weighted by molar-refractivity contribution is -0.145. The average Bonchev–Trinajstić information content (AvgIpc) is 3.02. The van der Waals surface area contributed by atoms with E-state index >= 15 is 0 Å². The molecule has 0 heterocycles. The third-order valence-electron chi connectivity index (χ3n) is 3.38. The lowest BCUT2D eigenvalue weighted by Gasteiger charge is -2.33. The number of urea groups is 1. The van der Waals surface area contributed by atoms with Gasteiger partial charge in [0.05, 0.1) is 0 Å². The first kappa shape index (κ1) is 11.2. The van der Waals surface area contributed by atoms with Crippen LogP contribution in [0.3, 0.4) is 0 Å². The summed E-state index contributed by atoms with van der Waals surface area (Å²) in [5.41, 5.74) is -1.03. The van der Waals surface area contributed by atoms with Gasteiger partial charge >= 0.3 is 12.0 Å². The Labute approximate surface area is 94.6 Å². The van der Waals surface area contributed by atoms with Gasteiger partial charge in [0.1, 0.15) is 5.54 Å². The molecule has 90 valence electrons. The van der Waals surface area contributed by atoms with Crippen LogP contribution in [0, 0.1) is 0 Å². The minimum atomic E-state index is -1.03. The summed E-state index contributed by atoms with van der Waals surface area (Å²) in [6.07, 6.45) is 5.90. The fourth-order valence-corrected chi connectivity index (χ4v) is 2.21. The summed E-state index contributed by atoms with van der Waals surface area (Å²) in [4.78, 5) is 22.9. The highest BCUT2D eigenvalue weighted by molar-refractivity contribution is 5.86. The Hall–Kier alpha value is -1.26. The number of rotatable bonds is 3. The van der Waals surface area contributed by atoms with Gasteiger partial charge in [-0.3, -0.25) is 0 Å². The van der Waals surface area contributed by atoms with Crippen molar-refractivity contribution in [1.82, 2.24) is 10.6 Å². The maximum atomic E-state index is 11.6. The van der Waals surface area contributed by atoms with Crippen LogP contribution in [0.15, 0.2) is 0 Å². The number of carboxylic acids is 1. The van der Waals surface area contributed by atoms with Gasteiger partial charge in [0.2, 0.25) is 0 Å². The van der Waals surface area contributed by atoms with Crippen molar-refractivity contribution in [1.29, 1.82) is 0 Å². The Morgan fingerprint density at radius 2 is 1.75 bits per heavy atom. The van der Waals surface area contributed by atoms with Gasteiger partial charge in [0, 0.05) is 6.04 Å². The van der Waals surface area contributed by atoms with Gasteiger partial charge in [-0.05, 0) is 25.7 Å². The van der Waals surface area contributed by atoms with E-state index < -0.39 is 11.5 Å². The fourth-order valence-electron chi connectivity index (χ4n) is 2.21. The maximum Gasteiger partial charge on any atom is 0.329 e. The first-order chi connectivity index (χ1) is 7.62.